The largest absolute Gasteiger partial charge is 0.338 e. The van der Waals surface area contributed by atoms with Crippen molar-refractivity contribution in [2.75, 3.05) is 5.75 Å². The van der Waals surface area contributed by atoms with Crippen LogP contribution in [0.4, 0.5) is 0 Å². The highest BCUT2D eigenvalue weighted by Crippen LogP contribution is 2.19. The van der Waals surface area contributed by atoms with Gasteiger partial charge in [0.05, 0.1) is 11.8 Å². The molecule has 1 atom stereocenters. The Hall–Kier alpha value is -1.44. The molecule has 2 rings (SSSR count). The van der Waals surface area contributed by atoms with Gasteiger partial charge in [-0.15, -0.1) is 0 Å². The normalized spacial score (nSPS) is 13.3. The fourth-order valence-corrected chi connectivity index (χ4v) is 2.74. The van der Waals surface area contributed by atoms with Gasteiger partial charge >= 0.3 is 0 Å². The van der Waals surface area contributed by atoms with E-state index in [0.29, 0.717) is 17.3 Å². The van der Waals surface area contributed by atoms with Crippen LogP contribution >= 0.6 is 11.6 Å². The molecule has 1 aromatic heterocycles. The van der Waals surface area contributed by atoms with Gasteiger partial charge in [0.1, 0.15) is 0 Å². The predicted molar refractivity (Wildman–Crippen MR) is 79.6 cm³/mol. The number of benzene rings is 1. The average molecular weight is 330 g/mol. The summed E-state index contributed by atoms with van der Waals surface area (Å²) in [6.07, 6.45) is 0.427. The smallest absolute Gasteiger partial charge is 0.244 e. The number of nitrogens with one attached hydrogen (secondary N) is 1. The highest BCUT2D eigenvalue weighted by molar-refractivity contribution is 7.89. The van der Waals surface area contributed by atoms with Gasteiger partial charge in [-0.2, -0.15) is 4.98 Å². The molecule has 0 bridgehead atoms. The van der Waals surface area contributed by atoms with E-state index in [1.807, 2.05) is 18.2 Å². The van der Waals surface area contributed by atoms with Crippen LogP contribution in [0.3, 0.4) is 0 Å². The van der Waals surface area contributed by atoms with Crippen LogP contribution in [0.5, 0.6) is 0 Å². The Morgan fingerprint density at radius 2 is 2.10 bits per heavy atom. The molecule has 0 aliphatic heterocycles. The Balaban J connectivity index is 2.10. The molecule has 8 heteroatoms. The minimum atomic E-state index is -3.32. The molecule has 0 saturated heterocycles. The van der Waals surface area contributed by atoms with Crippen molar-refractivity contribution in [3.8, 4) is 0 Å². The van der Waals surface area contributed by atoms with Gasteiger partial charge in [0.25, 0.3) is 0 Å². The third kappa shape index (κ3) is 4.26. The van der Waals surface area contributed by atoms with Crippen molar-refractivity contribution in [1.29, 1.82) is 0 Å². The lowest BCUT2D eigenvalue weighted by atomic mass is 10.1. The van der Waals surface area contributed by atoms with Crippen molar-refractivity contribution >= 4 is 21.6 Å². The number of nitrogens with zero attached hydrogens (tertiary/aromatic N) is 2. The van der Waals surface area contributed by atoms with Gasteiger partial charge in [-0.25, -0.2) is 13.1 Å². The minimum Gasteiger partial charge on any atom is -0.338 e. The van der Waals surface area contributed by atoms with E-state index in [-0.39, 0.29) is 11.6 Å². The summed E-state index contributed by atoms with van der Waals surface area (Å²) in [6, 6.07) is 6.81. The zero-order valence-electron chi connectivity index (χ0n) is 11.7. The number of sulfonamides is 1. The molecule has 1 aromatic carbocycles. The van der Waals surface area contributed by atoms with Crippen molar-refractivity contribution in [2.24, 2.45) is 0 Å². The number of rotatable bonds is 6. The third-order valence-electron chi connectivity index (χ3n) is 2.90. The topological polar surface area (TPSA) is 85.1 Å². The second kappa shape index (κ2) is 6.55. The van der Waals surface area contributed by atoms with Crippen LogP contribution in [-0.2, 0) is 16.4 Å². The van der Waals surface area contributed by atoms with Crippen molar-refractivity contribution in [3.05, 3.63) is 46.6 Å². The van der Waals surface area contributed by atoms with Crippen LogP contribution in [0.15, 0.2) is 28.8 Å². The molecule has 1 unspecified atom stereocenters. The van der Waals surface area contributed by atoms with Crippen LogP contribution < -0.4 is 4.72 Å². The monoisotopic (exact) mass is 329 g/mol. The summed E-state index contributed by atoms with van der Waals surface area (Å²) >= 11 is 6.07. The molecule has 2 aromatic rings. The second-order valence-electron chi connectivity index (χ2n) is 4.56. The van der Waals surface area contributed by atoms with E-state index < -0.39 is 16.1 Å². The van der Waals surface area contributed by atoms with E-state index in [9.17, 15) is 8.42 Å². The first-order chi connectivity index (χ1) is 9.91. The first kappa shape index (κ1) is 15.9. The summed E-state index contributed by atoms with van der Waals surface area (Å²) in [7, 11) is -3.32. The summed E-state index contributed by atoms with van der Waals surface area (Å²) in [6.45, 7) is 3.21. The van der Waals surface area contributed by atoms with Gasteiger partial charge in [0.2, 0.25) is 15.9 Å². The van der Waals surface area contributed by atoms with Crippen molar-refractivity contribution in [2.45, 2.75) is 26.3 Å². The van der Waals surface area contributed by atoms with E-state index in [4.69, 9.17) is 16.1 Å². The Labute approximate surface area is 128 Å². The lowest BCUT2D eigenvalue weighted by Crippen LogP contribution is -2.28. The Morgan fingerprint density at radius 3 is 2.76 bits per heavy atom. The molecule has 0 saturated carbocycles. The zero-order chi connectivity index (χ0) is 15.5. The fraction of sp³-hybridized carbons (Fsp3) is 0.385. The van der Waals surface area contributed by atoms with Crippen molar-refractivity contribution in [3.63, 3.8) is 0 Å². The number of aromatic nitrogens is 2. The molecule has 0 spiro atoms. The van der Waals surface area contributed by atoms with E-state index in [0.717, 1.165) is 5.56 Å². The summed E-state index contributed by atoms with van der Waals surface area (Å²) in [4.78, 5) is 4.20. The first-order valence-corrected chi connectivity index (χ1v) is 8.50. The second-order valence-corrected chi connectivity index (χ2v) is 7.01. The summed E-state index contributed by atoms with van der Waals surface area (Å²) in [5, 5.41) is 4.48. The van der Waals surface area contributed by atoms with Gasteiger partial charge in [0, 0.05) is 11.4 Å². The summed E-state index contributed by atoms with van der Waals surface area (Å²) in [5.41, 5.74) is 0.883. The Morgan fingerprint density at radius 1 is 1.38 bits per heavy atom. The van der Waals surface area contributed by atoms with Gasteiger partial charge in [-0.1, -0.05) is 35.0 Å². The SMILES string of the molecule is CCS(=O)(=O)NC(C)c1nc(Cc2ccccc2Cl)no1. The average Bonchev–Trinajstić information content (AvgIpc) is 2.90. The van der Waals surface area contributed by atoms with Crippen LogP contribution in [0.2, 0.25) is 5.02 Å². The molecule has 0 fully saturated rings. The maximum Gasteiger partial charge on any atom is 0.244 e. The first-order valence-electron chi connectivity index (χ1n) is 6.47. The lowest BCUT2D eigenvalue weighted by molar-refractivity contribution is 0.350. The Kier molecular flexibility index (Phi) is 4.97. The predicted octanol–water partition coefficient (Wildman–Crippen LogP) is 2.31. The van der Waals surface area contributed by atoms with Crippen LogP contribution in [0.1, 0.15) is 37.2 Å². The number of halogens is 1. The van der Waals surface area contributed by atoms with E-state index in [1.54, 1.807) is 19.9 Å². The molecule has 0 amide bonds. The highest BCUT2D eigenvalue weighted by Gasteiger charge is 2.19. The van der Waals surface area contributed by atoms with Gasteiger partial charge in [-0.05, 0) is 25.5 Å². The molecular formula is C13H16ClN3O3S. The maximum absolute atomic E-state index is 11.5. The molecule has 1 heterocycles. The van der Waals surface area contributed by atoms with Gasteiger partial charge in [-0.3, -0.25) is 0 Å². The zero-order valence-corrected chi connectivity index (χ0v) is 13.3. The number of hydrogen-bond acceptors (Lipinski definition) is 5. The van der Waals surface area contributed by atoms with Crippen LogP contribution in [-0.4, -0.2) is 24.3 Å². The van der Waals surface area contributed by atoms with E-state index >= 15 is 0 Å². The molecule has 1 N–H and O–H groups in total. The molecule has 21 heavy (non-hydrogen) atoms. The van der Waals surface area contributed by atoms with Gasteiger partial charge in [0.15, 0.2) is 5.82 Å². The van der Waals surface area contributed by atoms with Gasteiger partial charge < -0.3 is 4.52 Å². The summed E-state index contributed by atoms with van der Waals surface area (Å²) in [5.74, 6) is 0.688. The molecule has 0 aliphatic carbocycles. The fourth-order valence-electron chi connectivity index (χ4n) is 1.73. The minimum absolute atomic E-state index is 0.00203. The maximum atomic E-state index is 11.5. The Bertz CT molecular complexity index is 715. The third-order valence-corrected chi connectivity index (χ3v) is 4.74. The van der Waals surface area contributed by atoms with E-state index in [2.05, 4.69) is 14.9 Å². The molecular weight excluding hydrogens is 314 g/mol. The molecule has 114 valence electrons. The molecule has 0 radical (unpaired) electrons. The van der Waals surface area contributed by atoms with Crippen molar-refractivity contribution < 1.29 is 12.9 Å². The lowest BCUT2D eigenvalue weighted by Gasteiger charge is -2.08. The number of hydrogen-bond donors (Lipinski definition) is 1. The van der Waals surface area contributed by atoms with Crippen molar-refractivity contribution in [1.82, 2.24) is 14.9 Å². The van der Waals surface area contributed by atoms with Crippen LogP contribution in [0.25, 0.3) is 0 Å². The quantitative estimate of drug-likeness (QED) is 0.879. The summed E-state index contributed by atoms with van der Waals surface area (Å²) < 4.78 is 30.6. The van der Waals surface area contributed by atoms with E-state index in [1.165, 1.54) is 0 Å². The van der Waals surface area contributed by atoms with Crippen LogP contribution in [0, 0.1) is 0 Å². The highest BCUT2D eigenvalue weighted by atomic mass is 35.5. The molecule has 0 aliphatic rings. The standard InChI is InChI=1S/C13H16ClN3O3S/c1-3-21(18,19)17-9(2)13-15-12(16-20-13)8-10-6-4-5-7-11(10)14/h4-7,9,17H,3,8H2,1-2H3. The molecule has 6 nitrogen and oxygen atoms in total.